The predicted molar refractivity (Wildman–Crippen MR) is 81.3 cm³/mol. The second-order valence-electron chi connectivity index (χ2n) is 4.50. The van der Waals surface area contributed by atoms with E-state index >= 15 is 0 Å². The van der Waals surface area contributed by atoms with Crippen molar-refractivity contribution < 1.29 is 13.6 Å². The Hall–Kier alpha value is -2.08. The number of thioether (sulfide) groups is 1. The van der Waals surface area contributed by atoms with E-state index in [-0.39, 0.29) is 17.3 Å². The largest absolute Gasteiger partial charge is 0.398 e. The monoisotopic (exact) mass is 308 g/mol. The van der Waals surface area contributed by atoms with Gasteiger partial charge in [-0.25, -0.2) is 8.78 Å². The molecule has 0 aliphatic rings. The Kier molecular flexibility index (Phi) is 4.80. The molecule has 0 aromatic heterocycles. The number of hydrogen-bond donors (Lipinski definition) is 2. The maximum Gasteiger partial charge on any atom is 0.234 e. The van der Waals surface area contributed by atoms with Crippen molar-refractivity contribution in [1.29, 1.82) is 0 Å². The Morgan fingerprint density at radius 3 is 2.71 bits per heavy atom. The smallest absolute Gasteiger partial charge is 0.234 e. The van der Waals surface area contributed by atoms with Crippen LogP contribution in [0.4, 0.5) is 20.2 Å². The molecule has 6 heteroatoms. The molecular weight excluding hydrogens is 294 g/mol. The highest BCUT2D eigenvalue weighted by molar-refractivity contribution is 8.00. The number of hydrogen-bond acceptors (Lipinski definition) is 3. The van der Waals surface area contributed by atoms with Crippen molar-refractivity contribution >= 4 is 29.0 Å². The lowest BCUT2D eigenvalue weighted by molar-refractivity contribution is -0.113. The van der Waals surface area contributed by atoms with Crippen molar-refractivity contribution in [3.8, 4) is 0 Å². The summed E-state index contributed by atoms with van der Waals surface area (Å²) in [6.07, 6.45) is 0. The van der Waals surface area contributed by atoms with Gasteiger partial charge in [0.15, 0.2) is 0 Å². The summed E-state index contributed by atoms with van der Waals surface area (Å²) in [6, 6.07) is 8.54. The number of anilines is 2. The third-order valence-electron chi connectivity index (χ3n) is 2.73. The van der Waals surface area contributed by atoms with E-state index in [2.05, 4.69) is 5.32 Å². The second kappa shape index (κ2) is 6.58. The van der Waals surface area contributed by atoms with E-state index in [0.29, 0.717) is 5.69 Å². The zero-order chi connectivity index (χ0) is 15.4. The van der Waals surface area contributed by atoms with Crippen molar-refractivity contribution in [1.82, 2.24) is 0 Å². The van der Waals surface area contributed by atoms with Crippen LogP contribution < -0.4 is 11.1 Å². The fourth-order valence-corrected chi connectivity index (χ4v) is 2.55. The molecule has 0 aliphatic carbocycles. The standard InChI is InChI=1S/C15H14F2N2OS/c1-9-2-4-12(18)14(6-9)21-8-15(20)19-13-5-3-10(16)7-11(13)17/h2-7H,8,18H2,1H3,(H,19,20). The molecule has 0 saturated carbocycles. The van der Waals surface area contributed by atoms with Gasteiger partial charge in [-0.2, -0.15) is 0 Å². The van der Waals surface area contributed by atoms with Crippen LogP contribution in [0.3, 0.4) is 0 Å². The average Bonchev–Trinajstić information content (AvgIpc) is 2.43. The van der Waals surface area contributed by atoms with Gasteiger partial charge in [0.25, 0.3) is 0 Å². The molecule has 21 heavy (non-hydrogen) atoms. The minimum atomic E-state index is -0.802. The van der Waals surface area contributed by atoms with Crippen LogP contribution in [0, 0.1) is 18.6 Å². The number of nitrogens with two attached hydrogens (primary N) is 1. The van der Waals surface area contributed by atoms with Crippen LogP contribution in [0.25, 0.3) is 0 Å². The predicted octanol–water partition coefficient (Wildman–Crippen LogP) is 3.59. The van der Waals surface area contributed by atoms with E-state index in [1.807, 2.05) is 19.1 Å². The number of aryl methyl sites for hydroxylation is 1. The van der Waals surface area contributed by atoms with Crippen LogP contribution in [0.5, 0.6) is 0 Å². The molecule has 0 unspecified atom stereocenters. The SMILES string of the molecule is Cc1ccc(N)c(SCC(=O)Nc2ccc(F)cc2F)c1. The van der Waals surface area contributed by atoms with Crippen molar-refractivity contribution in [3.63, 3.8) is 0 Å². The lowest BCUT2D eigenvalue weighted by Crippen LogP contribution is -2.15. The number of halogens is 2. The summed E-state index contributed by atoms with van der Waals surface area (Å²) >= 11 is 1.26. The minimum Gasteiger partial charge on any atom is -0.398 e. The molecule has 2 aromatic carbocycles. The molecular formula is C15H14F2N2OS. The Balaban J connectivity index is 1.97. The number of nitrogens with one attached hydrogen (secondary N) is 1. The molecule has 0 bridgehead atoms. The van der Waals surface area contributed by atoms with E-state index in [1.165, 1.54) is 17.8 Å². The highest BCUT2D eigenvalue weighted by Crippen LogP contribution is 2.26. The van der Waals surface area contributed by atoms with Gasteiger partial charge >= 0.3 is 0 Å². The van der Waals surface area contributed by atoms with Gasteiger partial charge in [0, 0.05) is 16.6 Å². The maximum absolute atomic E-state index is 13.4. The highest BCUT2D eigenvalue weighted by Gasteiger charge is 2.09. The molecule has 0 aliphatic heterocycles. The first-order valence-corrected chi connectivity index (χ1v) is 7.18. The van der Waals surface area contributed by atoms with Crippen molar-refractivity contribution in [3.05, 3.63) is 53.6 Å². The number of amides is 1. The summed E-state index contributed by atoms with van der Waals surface area (Å²) in [4.78, 5) is 12.6. The number of rotatable bonds is 4. The molecule has 2 rings (SSSR count). The lowest BCUT2D eigenvalue weighted by Gasteiger charge is -2.08. The molecule has 2 aromatic rings. The van der Waals surface area contributed by atoms with E-state index in [9.17, 15) is 13.6 Å². The van der Waals surface area contributed by atoms with Gasteiger partial charge in [-0.15, -0.1) is 11.8 Å². The summed E-state index contributed by atoms with van der Waals surface area (Å²) in [5.74, 6) is -1.79. The second-order valence-corrected chi connectivity index (χ2v) is 5.52. The summed E-state index contributed by atoms with van der Waals surface area (Å²) < 4.78 is 26.2. The van der Waals surface area contributed by atoms with Crippen LogP contribution in [-0.4, -0.2) is 11.7 Å². The van der Waals surface area contributed by atoms with Gasteiger partial charge in [0.1, 0.15) is 11.6 Å². The number of carbonyl (C=O) groups is 1. The quantitative estimate of drug-likeness (QED) is 0.670. The Bertz CT molecular complexity index is 677. The van der Waals surface area contributed by atoms with Crippen LogP contribution in [-0.2, 0) is 4.79 Å². The molecule has 0 atom stereocenters. The van der Waals surface area contributed by atoms with Crippen molar-refractivity contribution in [2.75, 3.05) is 16.8 Å². The molecule has 0 radical (unpaired) electrons. The van der Waals surface area contributed by atoms with Crippen LogP contribution in [0.15, 0.2) is 41.3 Å². The van der Waals surface area contributed by atoms with Crippen molar-refractivity contribution in [2.45, 2.75) is 11.8 Å². The van der Waals surface area contributed by atoms with Gasteiger partial charge in [0.2, 0.25) is 5.91 Å². The fourth-order valence-electron chi connectivity index (χ4n) is 1.69. The highest BCUT2D eigenvalue weighted by atomic mass is 32.2. The molecule has 0 spiro atoms. The average molecular weight is 308 g/mol. The first kappa shape index (κ1) is 15.3. The molecule has 3 nitrogen and oxygen atoms in total. The van der Waals surface area contributed by atoms with Crippen LogP contribution in [0.2, 0.25) is 0 Å². The molecule has 3 N–H and O–H groups in total. The summed E-state index contributed by atoms with van der Waals surface area (Å²) in [5, 5.41) is 2.40. The third kappa shape index (κ3) is 4.19. The van der Waals surface area contributed by atoms with Gasteiger partial charge in [-0.3, -0.25) is 4.79 Å². The third-order valence-corrected chi connectivity index (χ3v) is 3.80. The fraction of sp³-hybridized carbons (Fsp3) is 0.133. The van der Waals surface area contributed by atoms with Gasteiger partial charge < -0.3 is 11.1 Å². The first-order valence-electron chi connectivity index (χ1n) is 6.19. The Morgan fingerprint density at radius 1 is 1.24 bits per heavy atom. The molecule has 110 valence electrons. The van der Waals surface area contributed by atoms with Gasteiger partial charge in [-0.1, -0.05) is 6.07 Å². The zero-order valence-electron chi connectivity index (χ0n) is 11.3. The maximum atomic E-state index is 13.4. The van der Waals surface area contributed by atoms with E-state index < -0.39 is 11.6 Å². The van der Waals surface area contributed by atoms with Gasteiger partial charge in [-0.05, 0) is 36.8 Å². The van der Waals surface area contributed by atoms with E-state index in [4.69, 9.17) is 5.73 Å². The molecule has 1 amide bonds. The summed E-state index contributed by atoms with van der Waals surface area (Å²) in [5.41, 5.74) is 7.40. The zero-order valence-corrected chi connectivity index (χ0v) is 12.1. The van der Waals surface area contributed by atoms with Crippen LogP contribution >= 0.6 is 11.8 Å². The summed E-state index contributed by atoms with van der Waals surface area (Å²) in [7, 11) is 0. The minimum absolute atomic E-state index is 0.0424. The summed E-state index contributed by atoms with van der Waals surface area (Å²) in [6.45, 7) is 1.93. The van der Waals surface area contributed by atoms with Crippen molar-refractivity contribution in [2.24, 2.45) is 0 Å². The Morgan fingerprint density at radius 2 is 2.00 bits per heavy atom. The van der Waals surface area contributed by atoms with E-state index in [1.54, 1.807) is 6.07 Å². The molecule has 0 heterocycles. The lowest BCUT2D eigenvalue weighted by atomic mass is 10.2. The molecule has 0 fully saturated rings. The number of carbonyl (C=O) groups excluding carboxylic acids is 1. The van der Waals surface area contributed by atoms with Gasteiger partial charge in [0.05, 0.1) is 11.4 Å². The topological polar surface area (TPSA) is 55.1 Å². The van der Waals surface area contributed by atoms with Crippen LogP contribution in [0.1, 0.15) is 5.56 Å². The normalized spacial score (nSPS) is 10.4. The Labute approximate surface area is 125 Å². The number of benzene rings is 2. The van der Waals surface area contributed by atoms with E-state index in [0.717, 1.165) is 22.6 Å². The first-order chi connectivity index (χ1) is 9.95. The number of nitrogen functional groups attached to an aromatic ring is 1. The molecule has 0 saturated heterocycles.